The van der Waals surface area contributed by atoms with Crippen molar-refractivity contribution in [1.82, 2.24) is 0 Å². The zero-order valence-corrected chi connectivity index (χ0v) is 65.4. The second-order valence-electron chi connectivity index (χ2n) is 31.0. The highest BCUT2D eigenvalue weighted by Crippen LogP contribution is 2.57. The molecule has 0 N–H and O–H groups in total. The number of fused-ring (bicyclic) bond motifs is 5. The maximum absolute atomic E-state index is 16.4. The smallest absolute Gasteiger partial charge is 0.310 e. The minimum atomic E-state index is -4.65. The number of hydrogen-bond donors (Lipinski definition) is 0. The van der Waals surface area contributed by atoms with E-state index in [0.717, 1.165) is 117 Å². The highest BCUT2D eigenvalue weighted by molar-refractivity contribution is 6.00. The van der Waals surface area contributed by atoms with Crippen LogP contribution in [0.1, 0.15) is 174 Å². The molecular weight excluding hydrogens is 1350 g/mol. The van der Waals surface area contributed by atoms with Crippen LogP contribution >= 0.6 is 0 Å². The van der Waals surface area contributed by atoms with Crippen molar-refractivity contribution in [2.75, 3.05) is 14.7 Å². The maximum atomic E-state index is 16.4. The van der Waals surface area contributed by atoms with E-state index >= 15 is 13.2 Å². The van der Waals surface area contributed by atoms with Gasteiger partial charge in [-0.3, -0.25) is 0 Å². The molecule has 0 amide bonds. The molecule has 6 heteroatoms. The minimum Gasteiger partial charge on any atom is -0.310 e. The van der Waals surface area contributed by atoms with Crippen LogP contribution in [-0.2, 0) is 49.4 Å². The molecule has 0 fully saturated rings. The summed E-state index contributed by atoms with van der Waals surface area (Å²) in [6.45, 7) is 19.4. The molecule has 3 atom stereocenters. The second kappa shape index (κ2) is 34.1. The number of aryl methyl sites for hydroxylation is 6. The van der Waals surface area contributed by atoms with Gasteiger partial charge in [-0.25, -0.2) is 0 Å². The van der Waals surface area contributed by atoms with Gasteiger partial charge < -0.3 is 14.7 Å². The highest BCUT2D eigenvalue weighted by atomic mass is 19.4. The highest BCUT2D eigenvalue weighted by Gasteiger charge is 2.54. The Bertz CT molecular complexity index is 5220. The van der Waals surface area contributed by atoms with Crippen LogP contribution in [0.15, 0.2) is 298 Å². The number of unbranched alkanes of at least 4 members (excludes halogenated alkanes) is 2. The van der Waals surface area contributed by atoms with Crippen molar-refractivity contribution >= 4 is 78.8 Å². The lowest BCUT2D eigenvalue weighted by molar-refractivity contribution is -0.173. The molecule has 3 unspecified atom stereocenters. The van der Waals surface area contributed by atoms with Gasteiger partial charge in [-0.1, -0.05) is 300 Å². The standard InChI is InChI=1S/C104H106F3N3/c1-9-16-25-77(14-6)72-103(73-78(15-7)26-17-10-2)98-70-76(13-5)49-67-96(98)97-68-50-82(71-99(97)103)40-39-81-47-61-90(62-48-81)110(101-36-24-31-84-29-19-21-34-95(84)101)92-65-53-86(54-66-92)102(8,104(105,106)107)85-51-63-91(64-52-85)109(100-35-23-30-83-28-18-20-33-94(83)100)89-59-45-80(46-60-89)38-37-79-43-57-88(58-44-79)108(87-55-41-74(11-3)42-56-87)93-32-22-27-75(12-4)69-93/h12,18-24,27-36,41-71,77-78H,4,9-11,13-17,25-26,37-40,72-73H2,1-3,5-8H3. The van der Waals surface area contributed by atoms with E-state index in [1.165, 1.54) is 116 Å². The van der Waals surface area contributed by atoms with Crippen LogP contribution in [0.2, 0.25) is 0 Å². The summed E-state index contributed by atoms with van der Waals surface area (Å²) >= 11 is 0. The molecular formula is C104H106F3N3. The van der Waals surface area contributed by atoms with Crippen LogP contribution in [0.25, 0.3) is 38.7 Å². The second-order valence-corrected chi connectivity index (χ2v) is 31.0. The summed E-state index contributed by atoms with van der Waals surface area (Å²) in [5.74, 6) is 1.32. The molecule has 1 aliphatic rings. The topological polar surface area (TPSA) is 9.72 Å². The Kier molecular flexibility index (Phi) is 23.6. The van der Waals surface area contributed by atoms with Gasteiger partial charge in [0.25, 0.3) is 0 Å². The normalized spacial score (nSPS) is 14.4. The van der Waals surface area contributed by atoms with E-state index in [4.69, 9.17) is 0 Å². The Morgan fingerprint density at radius 2 is 0.727 bits per heavy atom. The Morgan fingerprint density at radius 3 is 1.14 bits per heavy atom. The Morgan fingerprint density at radius 1 is 0.364 bits per heavy atom. The Balaban J connectivity index is 0.729. The number of anilines is 9. The predicted molar refractivity (Wildman–Crippen MR) is 463 cm³/mol. The lowest BCUT2D eigenvalue weighted by Gasteiger charge is -2.39. The van der Waals surface area contributed by atoms with Gasteiger partial charge in [-0.05, 0) is 250 Å². The van der Waals surface area contributed by atoms with E-state index in [2.05, 4.69) is 281 Å². The number of rotatable bonds is 32. The van der Waals surface area contributed by atoms with Crippen molar-refractivity contribution in [3.8, 4) is 11.1 Å². The van der Waals surface area contributed by atoms with Crippen LogP contribution in [0, 0.1) is 11.8 Å². The van der Waals surface area contributed by atoms with E-state index in [9.17, 15) is 0 Å². The van der Waals surface area contributed by atoms with Crippen LogP contribution in [0.3, 0.4) is 0 Å². The fourth-order valence-electron chi connectivity index (χ4n) is 17.5. The molecule has 0 bridgehead atoms. The SMILES string of the molecule is C=Cc1cccc(N(c2ccc(CC)cc2)c2ccc(CCc3ccc(N(c4ccc(C(C)(c5ccc(N(c6ccc(CCc7ccc8c(c7)C(CC(CC)CCCC)(CC(CC)CCCC)c7cc(CC)ccc7-8)cc6)c6cccc7ccccc67)cc5)C(F)(F)F)cc4)c4cccc5ccccc45)cc3)cc2)c1. The molecule has 13 aromatic carbocycles. The van der Waals surface area contributed by atoms with Gasteiger partial charge in [0, 0.05) is 56.0 Å². The van der Waals surface area contributed by atoms with Crippen molar-refractivity contribution in [2.24, 2.45) is 11.8 Å². The molecule has 3 nitrogen and oxygen atoms in total. The number of nitrogens with zero attached hydrogens (tertiary/aromatic N) is 3. The number of alkyl halides is 3. The fourth-order valence-corrected chi connectivity index (χ4v) is 17.5. The van der Waals surface area contributed by atoms with E-state index in [-0.39, 0.29) is 16.5 Å². The minimum absolute atomic E-state index is 0.0273. The van der Waals surface area contributed by atoms with E-state index < -0.39 is 11.6 Å². The Labute approximate surface area is 652 Å². The van der Waals surface area contributed by atoms with Crippen molar-refractivity contribution in [3.05, 3.63) is 359 Å². The van der Waals surface area contributed by atoms with Crippen LogP contribution in [-0.4, -0.2) is 6.18 Å². The Hall–Kier alpha value is -10.7. The van der Waals surface area contributed by atoms with E-state index in [1.807, 2.05) is 54.6 Å². The molecule has 13 aromatic rings. The number of benzene rings is 13. The summed E-state index contributed by atoms with van der Waals surface area (Å²) in [5.41, 5.74) is 21.2. The summed E-state index contributed by atoms with van der Waals surface area (Å²) in [7, 11) is 0. The monoisotopic (exact) mass is 1450 g/mol. The van der Waals surface area contributed by atoms with Gasteiger partial charge in [0.15, 0.2) is 0 Å². The molecule has 1 aliphatic carbocycles. The van der Waals surface area contributed by atoms with Gasteiger partial charge in [0.05, 0.1) is 11.4 Å². The quantitative estimate of drug-likeness (QED) is 0.0416. The average molecular weight is 1460 g/mol. The number of halogens is 3. The first-order chi connectivity index (χ1) is 53.7. The maximum Gasteiger partial charge on any atom is 0.402 e. The lowest BCUT2D eigenvalue weighted by Crippen LogP contribution is -2.40. The number of hydrogen-bond acceptors (Lipinski definition) is 3. The summed E-state index contributed by atoms with van der Waals surface area (Å²) < 4.78 is 49.2. The van der Waals surface area contributed by atoms with Crippen molar-refractivity contribution < 1.29 is 13.2 Å². The van der Waals surface area contributed by atoms with Crippen LogP contribution in [0.5, 0.6) is 0 Å². The average Bonchev–Trinajstić information content (AvgIpc) is 1.54. The largest absolute Gasteiger partial charge is 0.402 e. The van der Waals surface area contributed by atoms with Crippen molar-refractivity contribution in [1.29, 1.82) is 0 Å². The third-order valence-electron chi connectivity index (χ3n) is 24.2. The molecule has 0 heterocycles. The summed E-state index contributed by atoms with van der Waals surface area (Å²) in [5, 5.41) is 4.23. The van der Waals surface area contributed by atoms with E-state index in [0.29, 0.717) is 11.8 Å². The molecule has 110 heavy (non-hydrogen) atoms. The first-order valence-corrected chi connectivity index (χ1v) is 40.7. The zero-order valence-electron chi connectivity index (χ0n) is 65.4. The molecule has 0 aliphatic heterocycles. The fraction of sp³-hybridized carbons (Fsp3) is 0.269. The van der Waals surface area contributed by atoms with Crippen molar-refractivity contribution in [2.45, 2.75) is 168 Å². The van der Waals surface area contributed by atoms with Crippen LogP contribution < -0.4 is 14.7 Å². The molecule has 0 aromatic heterocycles. The van der Waals surface area contributed by atoms with Gasteiger partial charge in [0.1, 0.15) is 5.41 Å². The first kappa shape index (κ1) is 76.1. The summed E-state index contributed by atoms with van der Waals surface area (Å²) in [4.78, 5) is 6.66. The first-order valence-electron chi connectivity index (χ1n) is 40.7. The van der Waals surface area contributed by atoms with Crippen LogP contribution in [0.4, 0.5) is 64.4 Å². The van der Waals surface area contributed by atoms with Gasteiger partial charge in [-0.2, -0.15) is 13.2 Å². The van der Waals surface area contributed by atoms with Gasteiger partial charge in [0.2, 0.25) is 0 Å². The molecule has 14 rings (SSSR count). The molecule has 0 saturated heterocycles. The predicted octanol–water partition coefficient (Wildman–Crippen LogP) is 30.1. The van der Waals surface area contributed by atoms with Gasteiger partial charge >= 0.3 is 6.18 Å². The van der Waals surface area contributed by atoms with Crippen molar-refractivity contribution in [3.63, 3.8) is 0 Å². The summed E-state index contributed by atoms with van der Waals surface area (Å²) in [6.07, 6.45) is 15.0. The third kappa shape index (κ3) is 15.9. The molecule has 0 radical (unpaired) electrons. The van der Waals surface area contributed by atoms with E-state index in [1.54, 1.807) is 35.4 Å². The zero-order chi connectivity index (χ0) is 76.4. The molecule has 0 saturated carbocycles. The van der Waals surface area contributed by atoms with Gasteiger partial charge in [-0.15, -0.1) is 0 Å². The summed E-state index contributed by atoms with van der Waals surface area (Å²) in [6, 6.07) is 102. The molecule has 0 spiro atoms. The molecule has 558 valence electrons. The third-order valence-corrected chi connectivity index (χ3v) is 24.2. The lowest BCUT2D eigenvalue weighted by atomic mass is 9.65.